The van der Waals surface area contributed by atoms with Crippen molar-refractivity contribution in [2.24, 2.45) is 0 Å². The summed E-state index contributed by atoms with van der Waals surface area (Å²) in [6.07, 6.45) is 1.35. The van der Waals surface area contributed by atoms with Gasteiger partial charge >= 0.3 is 0 Å². The van der Waals surface area contributed by atoms with E-state index in [9.17, 15) is 4.79 Å². The van der Waals surface area contributed by atoms with Gasteiger partial charge in [0, 0.05) is 24.8 Å². The standard InChI is InChI=1S/C16H18N6O/c1-22(2)8-7-18-15-9-14(19-11-20-15)16(23)21-13-5-3-12(10-17)4-6-13/h3-6,9,11H,7-8H2,1-2H3,(H,21,23)(H,18,19,20). The van der Waals surface area contributed by atoms with Gasteiger partial charge in [-0.1, -0.05) is 0 Å². The lowest BCUT2D eigenvalue weighted by atomic mass is 10.2. The van der Waals surface area contributed by atoms with Crippen LogP contribution in [0.5, 0.6) is 0 Å². The van der Waals surface area contributed by atoms with Gasteiger partial charge in [0.15, 0.2) is 0 Å². The van der Waals surface area contributed by atoms with Crippen molar-refractivity contribution in [2.45, 2.75) is 0 Å². The summed E-state index contributed by atoms with van der Waals surface area (Å²) < 4.78 is 0. The second kappa shape index (κ2) is 7.87. The van der Waals surface area contributed by atoms with Gasteiger partial charge in [-0.15, -0.1) is 0 Å². The third kappa shape index (κ3) is 5.05. The molecule has 0 aliphatic carbocycles. The molecule has 0 bridgehead atoms. The molecule has 7 heteroatoms. The van der Waals surface area contributed by atoms with Crippen LogP contribution in [-0.2, 0) is 0 Å². The summed E-state index contributed by atoms with van der Waals surface area (Å²) in [5.74, 6) is 0.277. The number of anilines is 2. The first-order chi connectivity index (χ1) is 11.1. The average molecular weight is 310 g/mol. The van der Waals surface area contributed by atoms with Crippen LogP contribution in [0.1, 0.15) is 16.1 Å². The van der Waals surface area contributed by atoms with Crippen LogP contribution in [0, 0.1) is 11.3 Å². The summed E-state index contributed by atoms with van der Waals surface area (Å²) in [6.45, 7) is 1.58. The van der Waals surface area contributed by atoms with E-state index in [-0.39, 0.29) is 11.6 Å². The van der Waals surface area contributed by atoms with Crippen molar-refractivity contribution in [1.29, 1.82) is 5.26 Å². The largest absolute Gasteiger partial charge is 0.369 e. The monoisotopic (exact) mass is 310 g/mol. The van der Waals surface area contributed by atoms with Crippen molar-refractivity contribution < 1.29 is 4.79 Å². The van der Waals surface area contributed by atoms with E-state index < -0.39 is 0 Å². The maximum atomic E-state index is 12.2. The number of nitrogens with zero attached hydrogens (tertiary/aromatic N) is 4. The number of nitrogens with one attached hydrogen (secondary N) is 2. The number of amides is 1. The molecule has 118 valence electrons. The van der Waals surface area contributed by atoms with Crippen LogP contribution in [0.2, 0.25) is 0 Å². The fourth-order valence-electron chi connectivity index (χ4n) is 1.81. The Labute approximate surface area is 135 Å². The molecule has 23 heavy (non-hydrogen) atoms. The molecule has 1 amide bonds. The Kier molecular flexibility index (Phi) is 5.61. The number of carbonyl (C=O) groups excluding carboxylic acids is 1. The van der Waals surface area contributed by atoms with E-state index in [0.29, 0.717) is 17.1 Å². The van der Waals surface area contributed by atoms with Crippen LogP contribution in [-0.4, -0.2) is 48.0 Å². The van der Waals surface area contributed by atoms with Crippen LogP contribution in [0.4, 0.5) is 11.5 Å². The average Bonchev–Trinajstić information content (AvgIpc) is 2.55. The highest BCUT2D eigenvalue weighted by atomic mass is 16.1. The zero-order valence-corrected chi connectivity index (χ0v) is 13.1. The van der Waals surface area contributed by atoms with Gasteiger partial charge in [-0.25, -0.2) is 9.97 Å². The van der Waals surface area contributed by atoms with Crippen LogP contribution >= 0.6 is 0 Å². The minimum atomic E-state index is -0.326. The van der Waals surface area contributed by atoms with Crippen LogP contribution in [0.25, 0.3) is 0 Å². The summed E-state index contributed by atoms with van der Waals surface area (Å²) in [4.78, 5) is 22.3. The SMILES string of the molecule is CN(C)CCNc1cc(C(=O)Nc2ccc(C#N)cc2)ncn1. The van der Waals surface area contributed by atoms with Gasteiger partial charge < -0.3 is 15.5 Å². The molecule has 1 heterocycles. The molecule has 0 aliphatic rings. The summed E-state index contributed by atoms with van der Waals surface area (Å²) in [5.41, 5.74) is 1.42. The summed E-state index contributed by atoms with van der Waals surface area (Å²) in [6, 6.07) is 10.3. The fourth-order valence-corrected chi connectivity index (χ4v) is 1.81. The quantitative estimate of drug-likeness (QED) is 0.841. The Morgan fingerprint density at radius 2 is 2.00 bits per heavy atom. The van der Waals surface area contributed by atoms with Crippen LogP contribution < -0.4 is 10.6 Å². The lowest BCUT2D eigenvalue weighted by Gasteiger charge is -2.11. The molecule has 2 N–H and O–H groups in total. The topological polar surface area (TPSA) is 93.9 Å². The second-order valence-corrected chi connectivity index (χ2v) is 5.16. The van der Waals surface area contributed by atoms with Gasteiger partial charge in [-0.2, -0.15) is 5.26 Å². The number of benzene rings is 1. The molecule has 2 aromatic rings. The number of hydrogen-bond acceptors (Lipinski definition) is 6. The van der Waals surface area contributed by atoms with Crippen molar-refractivity contribution >= 4 is 17.4 Å². The van der Waals surface area contributed by atoms with Crippen LogP contribution in [0.3, 0.4) is 0 Å². The minimum absolute atomic E-state index is 0.275. The van der Waals surface area contributed by atoms with Gasteiger partial charge in [-0.3, -0.25) is 4.79 Å². The van der Waals surface area contributed by atoms with E-state index >= 15 is 0 Å². The van der Waals surface area contributed by atoms with Gasteiger partial charge in [0.1, 0.15) is 17.8 Å². The van der Waals surface area contributed by atoms with Crippen molar-refractivity contribution in [3.63, 3.8) is 0 Å². The molecule has 0 aliphatic heterocycles. The van der Waals surface area contributed by atoms with Crippen LogP contribution in [0.15, 0.2) is 36.7 Å². The number of hydrogen-bond donors (Lipinski definition) is 2. The number of aromatic nitrogens is 2. The van der Waals surface area contributed by atoms with Crippen molar-refractivity contribution in [1.82, 2.24) is 14.9 Å². The molecule has 1 aromatic heterocycles. The molecule has 2 rings (SSSR count). The van der Waals surface area contributed by atoms with Crippen molar-refractivity contribution in [2.75, 3.05) is 37.8 Å². The molecule has 0 saturated carbocycles. The second-order valence-electron chi connectivity index (χ2n) is 5.16. The number of carbonyl (C=O) groups is 1. The maximum Gasteiger partial charge on any atom is 0.274 e. The van der Waals surface area contributed by atoms with E-state index in [2.05, 4.69) is 20.6 Å². The molecule has 0 spiro atoms. The van der Waals surface area contributed by atoms with Gasteiger partial charge in [-0.05, 0) is 38.4 Å². The van der Waals surface area contributed by atoms with E-state index in [0.717, 1.165) is 13.1 Å². The Morgan fingerprint density at radius 1 is 1.26 bits per heavy atom. The van der Waals surface area contributed by atoms with E-state index in [1.165, 1.54) is 6.33 Å². The first kappa shape index (κ1) is 16.4. The first-order valence-corrected chi connectivity index (χ1v) is 7.10. The minimum Gasteiger partial charge on any atom is -0.369 e. The molecule has 0 saturated heterocycles. The van der Waals surface area contributed by atoms with E-state index in [4.69, 9.17) is 5.26 Å². The predicted octanol–water partition coefficient (Wildman–Crippen LogP) is 1.57. The van der Waals surface area contributed by atoms with Gasteiger partial charge in [0.25, 0.3) is 5.91 Å². The summed E-state index contributed by atoms with van der Waals surface area (Å²) >= 11 is 0. The molecule has 0 unspecified atom stereocenters. The zero-order chi connectivity index (χ0) is 16.7. The number of rotatable bonds is 6. The number of nitriles is 1. The molecule has 0 fully saturated rings. The third-order valence-electron chi connectivity index (χ3n) is 3.04. The number of likely N-dealkylation sites (N-methyl/N-ethyl adjacent to an activating group) is 1. The lowest BCUT2D eigenvalue weighted by Crippen LogP contribution is -2.21. The Balaban J connectivity index is 1.99. The zero-order valence-electron chi connectivity index (χ0n) is 13.1. The molecular formula is C16H18N6O. The molecule has 0 atom stereocenters. The Hall–Kier alpha value is -2.98. The maximum absolute atomic E-state index is 12.2. The molecule has 0 radical (unpaired) electrons. The fraction of sp³-hybridized carbons (Fsp3) is 0.250. The first-order valence-electron chi connectivity index (χ1n) is 7.10. The predicted molar refractivity (Wildman–Crippen MR) is 88.2 cm³/mol. The molecule has 1 aromatic carbocycles. The smallest absolute Gasteiger partial charge is 0.274 e. The normalized spacial score (nSPS) is 10.2. The van der Waals surface area contributed by atoms with E-state index in [1.54, 1.807) is 30.3 Å². The highest BCUT2D eigenvalue weighted by Gasteiger charge is 2.09. The lowest BCUT2D eigenvalue weighted by molar-refractivity contribution is 0.102. The van der Waals surface area contributed by atoms with Gasteiger partial charge in [0.2, 0.25) is 0 Å². The van der Waals surface area contributed by atoms with Gasteiger partial charge in [0.05, 0.1) is 11.6 Å². The Bertz CT molecular complexity index is 705. The van der Waals surface area contributed by atoms with Crippen molar-refractivity contribution in [3.05, 3.63) is 47.9 Å². The van der Waals surface area contributed by atoms with E-state index in [1.807, 2.05) is 25.1 Å². The summed E-state index contributed by atoms with van der Waals surface area (Å²) in [7, 11) is 3.97. The Morgan fingerprint density at radius 3 is 2.65 bits per heavy atom. The third-order valence-corrected chi connectivity index (χ3v) is 3.04. The van der Waals surface area contributed by atoms with Crippen molar-refractivity contribution in [3.8, 4) is 6.07 Å². The molecule has 7 nitrogen and oxygen atoms in total. The summed E-state index contributed by atoms with van der Waals surface area (Å²) in [5, 5.41) is 14.6. The molecular weight excluding hydrogens is 292 g/mol. The highest BCUT2D eigenvalue weighted by Crippen LogP contribution is 2.11. The highest BCUT2D eigenvalue weighted by molar-refractivity contribution is 6.03.